The quantitative estimate of drug-likeness (QED) is 0.462. The highest BCUT2D eigenvalue weighted by Crippen LogP contribution is 2.30. The number of benzene rings is 3. The van der Waals surface area contributed by atoms with Crippen LogP contribution in [-0.2, 0) is 35.4 Å². The molecule has 1 unspecified atom stereocenters. The summed E-state index contributed by atoms with van der Waals surface area (Å²) in [5.74, 6) is 0.820. The zero-order chi connectivity index (χ0) is 23.0. The average Bonchev–Trinajstić information content (AvgIpc) is 2.84. The summed E-state index contributed by atoms with van der Waals surface area (Å²) in [6.45, 7) is 2.75. The summed E-state index contributed by atoms with van der Waals surface area (Å²) in [5, 5.41) is 9.32. The Morgan fingerprint density at radius 2 is 1.79 bits per heavy atom. The zero-order valence-electron chi connectivity index (χ0n) is 18.9. The molecule has 4 rings (SSSR count). The van der Waals surface area contributed by atoms with E-state index in [0.29, 0.717) is 19.6 Å². The van der Waals surface area contributed by atoms with E-state index in [1.807, 2.05) is 49.4 Å². The fourth-order valence-electron chi connectivity index (χ4n) is 4.13. The van der Waals surface area contributed by atoms with Crippen LogP contribution in [0.25, 0.3) is 0 Å². The number of carboxylic acids is 1. The first-order valence-electron chi connectivity index (χ1n) is 11.5. The molecule has 5 heteroatoms. The van der Waals surface area contributed by atoms with Crippen LogP contribution in [0.1, 0.15) is 35.6 Å². The van der Waals surface area contributed by atoms with Gasteiger partial charge < -0.3 is 19.3 Å². The maximum absolute atomic E-state index is 11.4. The molecule has 0 bridgehead atoms. The molecule has 2 atom stereocenters. The van der Waals surface area contributed by atoms with E-state index in [1.165, 1.54) is 5.56 Å². The van der Waals surface area contributed by atoms with Gasteiger partial charge in [-0.1, -0.05) is 54.6 Å². The van der Waals surface area contributed by atoms with E-state index in [0.717, 1.165) is 47.5 Å². The van der Waals surface area contributed by atoms with Crippen molar-refractivity contribution in [1.82, 2.24) is 0 Å². The van der Waals surface area contributed by atoms with Gasteiger partial charge >= 0.3 is 5.97 Å². The van der Waals surface area contributed by atoms with Crippen LogP contribution in [0.2, 0.25) is 0 Å². The molecule has 0 radical (unpaired) electrons. The van der Waals surface area contributed by atoms with Crippen LogP contribution < -0.4 is 9.47 Å². The van der Waals surface area contributed by atoms with Gasteiger partial charge in [0.1, 0.15) is 24.2 Å². The molecule has 0 saturated carbocycles. The van der Waals surface area contributed by atoms with Gasteiger partial charge in [-0.05, 0) is 60.2 Å². The fourth-order valence-corrected chi connectivity index (χ4v) is 4.13. The largest absolute Gasteiger partial charge is 0.490 e. The second kappa shape index (κ2) is 11.0. The summed E-state index contributed by atoms with van der Waals surface area (Å²) >= 11 is 0. The molecular weight excluding hydrogens is 416 g/mol. The van der Waals surface area contributed by atoms with Gasteiger partial charge in [0.05, 0.1) is 0 Å². The number of ether oxygens (including phenoxy) is 3. The van der Waals surface area contributed by atoms with E-state index < -0.39 is 12.1 Å². The molecule has 1 aliphatic heterocycles. The Balaban J connectivity index is 1.31. The van der Waals surface area contributed by atoms with Crippen LogP contribution in [-0.4, -0.2) is 29.9 Å². The Hall–Kier alpha value is -3.31. The molecule has 1 N–H and O–H groups in total. The molecule has 1 aliphatic rings. The van der Waals surface area contributed by atoms with Gasteiger partial charge in [-0.15, -0.1) is 0 Å². The summed E-state index contributed by atoms with van der Waals surface area (Å²) in [6, 6.07) is 24.3. The monoisotopic (exact) mass is 446 g/mol. The topological polar surface area (TPSA) is 65.0 Å². The maximum Gasteiger partial charge on any atom is 0.333 e. The molecule has 1 heterocycles. The number of hydrogen-bond donors (Lipinski definition) is 1. The van der Waals surface area contributed by atoms with Crippen LogP contribution in [0.3, 0.4) is 0 Å². The van der Waals surface area contributed by atoms with Crippen molar-refractivity contribution in [3.63, 3.8) is 0 Å². The second-order valence-electron chi connectivity index (χ2n) is 8.33. The van der Waals surface area contributed by atoms with Gasteiger partial charge in [-0.2, -0.15) is 0 Å². The van der Waals surface area contributed by atoms with Crippen LogP contribution in [0.15, 0.2) is 72.8 Å². The Morgan fingerprint density at radius 1 is 1.03 bits per heavy atom. The van der Waals surface area contributed by atoms with E-state index in [4.69, 9.17) is 14.2 Å². The molecule has 172 valence electrons. The summed E-state index contributed by atoms with van der Waals surface area (Å²) < 4.78 is 17.5. The molecule has 5 nitrogen and oxygen atoms in total. The summed E-state index contributed by atoms with van der Waals surface area (Å²) in [4.78, 5) is 11.4. The molecule has 0 spiro atoms. The maximum atomic E-state index is 11.4. The number of fused-ring (bicyclic) bond motifs is 1. The van der Waals surface area contributed by atoms with Crippen molar-refractivity contribution in [3.05, 3.63) is 95.1 Å². The van der Waals surface area contributed by atoms with Crippen molar-refractivity contribution in [1.29, 1.82) is 0 Å². The van der Waals surface area contributed by atoms with Crippen molar-refractivity contribution in [3.8, 4) is 11.5 Å². The first-order valence-corrected chi connectivity index (χ1v) is 11.5. The lowest BCUT2D eigenvalue weighted by Crippen LogP contribution is -2.27. The SMILES string of the molecule is CCOC(Cc1ccc2c(c1)CC[C@H](Cc1ccc(OCc3ccccc3)cc1)O2)C(=O)O. The van der Waals surface area contributed by atoms with E-state index in [2.05, 4.69) is 30.3 Å². The van der Waals surface area contributed by atoms with E-state index in [-0.39, 0.29) is 6.10 Å². The first kappa shape index (κ1) is 22.9. The molecule has 0 aromatic heterocycles. The van der Waals surface area contributed by atoms with Crippen molar-refractivity contribution in [2.75, 3.05) is 6.61 Å². The number of carboxylic acid groups (broad SMARTS) is 1. The molecule has 0 saturated heterocycles. The summed E-state index contributed by atoms with van der Waals surface area (Å²) in [7, 11) is 0. The Kier molecular flexibility index (Phi) is 7.63. The smallest absolute Gasteiger partial charge is 0.333 e. The Bertz CT molecular complexity index is 1050. The van der Waals surface area contributed by atoms with E-state index in [1.54, 1.807) is 0 Å². The third-order valence-corrected chi connectivity index (χ3v) is 5.85. The van der Waals surface area contributed by atoms with Crippen LogP contribution >= 0.6 is 0 Å². The predicted octanol–water partition coefficient (Wildman–Crippen LogP) is 5.23. The Morgan fingerprint density at radius 3 is 2.52 bits per heavy atom. The zero-order valence-corrected chi connectivity index (χ0v) is 18.9. The van der Waals surface area contributed by atoms with Crippen LogP contribution in [0.4, 0.5) is 0 Å². The van der Waals surface area contributed by atoms with Crippen LogP contribution in [0.5, 0.6) is 11.5 Å². The molecule has 3 aromatic rings. The molecule has 0 aliphatic carbocycles. The molecule has 0 fully saturated rings. The highest BCUT2D eigenvalue weighted by atomic mass is 16.5. The van der Waals surface area contributed by atoms with E-state index >= 15 is 0 Å². The third kappa shape index (κ3) is 6.36. The van der Waals surface area contributed by atoms with Crippen molar-refractivity contribution >= 4 is 5.97 Å². The standard InChI is InChI=1S/C28H30O5/c1-2-31-27(28(29)30)18-22-10-15-26-23(16-22)11-14-25(33-26)17-20-8-12-24(13-9-20)32-19-21-6-4-3-5-7-21/h3-10,12-13,15-16,25,27H,2,11,14,17-19H2,1H3,(H,29,30)/t25-,27?/m1/s1. The van der Waals surface area contributed by atoms with Gasteiger partial charge in [0.2, 0.25) is 0 Å². The lowest BCUT2D eigenvalue weighted by molar-refractivity contribution is -0.149. The number of aryl methyl sites for hydroxylation is 1. The van der Waals surface area contributed by atoms with Crippen molar-refractivity contribution in [2.24, 2.45) is 0 Å². The summed E-state index contributed by atoms with van der Waals surface area (Å²) in [6.07, 6.45) is 2.35. The molecule has 3 aromatic carbocycles. The third-order valence-electron chi connectivity index (χ3n) is 5.85. The van der Waals surface area contributed by atoms with E-state index in [9.17, 15) is 9.90 Å². The van der Waals surface area contributed by atoms with Crippen molar-refractivity contribution < 1.29 is 24.1 Å². The molecule has 33 heavy (non-hydrogen) atoms. The highest BCUT2D eigenvalue weighted by molar-refractivity contribution is 5.72. The average molecular weight is 447 g/mol. The first-order chi connectivity index (χ1) is 16.1. The van der Waals surface area contributed by atoms with Gasteiger partial charge in [-0.3, -0.25) is 0 Å². The molecular formula is C28H30O5. The van der Waals surface area contributed by atoms with Gasteiger partial charge in [-0.25, -0.2) is 4.79 Å². The van der Waals surface area contributed by atoms with Gasteiger partial charge in [0, 0.05) is 19.4 Å². The lowest BCUT2D eigenvalue weighted by Gasteiger charge is -2.27. The van der Waals surface area contributed by atoms with Crippen molar-refractivity contribution in [2.45, 2.75) is 51.4 Å². The highest BCUT2D eigenvalue weighted by Gasteiger charge is 2.22. The van der Waals surface area contributed by atoms with Gasteiger partial charge in [0.15, 0.2) is 6.10 Å². The minimum absolute atomic E-state index is 0.120. The fraction of sp³-hybridized carbons (Fsp3) is 0.321. The second-order valence-corrected chi connectivity index (χ2v) is 8.33. The lowest BCUT2D eigenvalue weighted by atomic mass is 9.95. The number of carbonyl (C=O) groups is 1. The number of aliphatic carboxylic acids is 1. The Labute approximate surface area is 194 Å². The minimum Gasteiger partial charge on any atom is -0.490 e. The molecule has 0 amide bonds. The minimum atomic E-state index is -0.928. The van der Waals surface area contributed by atoms with Gasteiger partial charge in [0.25, 0.3) is 0 Å². The summed E-state index contributed by atoms with van der Waals surface area (Å²) in [5.41, 5.74) is 4.46. The number of rotatable bonds is 10. The van der Waals surface area contributed by atoms with Crippen LogP contribution in [0, 0.1) is 0 Å². The number of hydrogen-bond acceptors (Lipinski definition) is 4. The predicted molar refractivity (Wildman–Crippen MR) is 127 cm³/mol. The normalized spacial score (nSPS) is 15.8.